The normalized spacial score (nSPS) is 18.0. The van der Waals surface area contributed by atoms with Crippen LogP contribution in [-0.2, 0) is 0 Å². The molecule has 2 rings (SSSR count). The van der Waals surface area contributed by atoms with Crippen molar-refractivity contribution < 1.29 is 4.74 Å². The standard InChI is InChI=1S/C12H21N3O/c1-9(2)15-12(11(16-3)8-14-15)10-4-6-13-7-5-10/h8-10,13H,4-7H2,1-3H3. The second kappa shape index (κ2) is 4.87. The van der Waals surface area contributed by atoms with Gasteiger partial charge in [0.15, 0.2) is 5.75 Å². The minimum Gasteiger partial charge on any atom is -0.493 e. The number of nitrogens with zero attached hydrogens (tertiary/aromatic N) is 2. The van der Waals surface area contributed by atoms with Gasteiger partial charge in [-0.2, -0.15) is 5.10 Å². The topological polar surface area (TPSA) is 39.1 Å². The molecule has 1 N–H and O–H groups in total. The fourth-order valence-electron chi connectivity index (χ4n) is 2.41. The first kappa shape index (κ1) is 11.5. The minimum atomic E-state index is 0.397. The number of hydrogen-bond acceptors (Lipinski definition) is 3. The molecule has 1 aromatic heterocycles. The molecule has 1 aliphatic rings. The Morgan fingerprint density at radius 2 is 2.12 bits per heavy atom. The highest BCUT2D eigenvalue weighted by atomic mass is 16.5. The van der Waals surface area contributed by atoms with Gasteiger partial charge in [0.1, 0.15) is 0 Å². The molecule has 1 aliphatic heterocycles. The summed E-state index contributed by atoms with van der Waals surface area (Å²) in [7, 11) is 1.73. The lowest BCUT2D eigenvalue weighted by atomic mass is 9.94. The molecule has 0 amide bonds. The quantitative estimate of drug-likeness (QED) is 0.851. The zero-order valence-corrected chi connectivity index (χ0v) is 10.4. The highest BCUT2D eigenvalue weighted by molar-refractivity contribution is 5.29. The Hall–Kier alpha value is -1.03. The molecule has 0 spiro atoms. The molecule has 4 nitrogen and oxygen atoms in total. The Balaban J connectivity index is 2.31. The van der Waals surface area contributed by atoms with E-state index in [1.807, 2.05) is 6.20 Å². The number of piperidine rings is 1. The smallest absolute Gasteiger partial charge is 0.160 e. The summed E-state index contributed by atoms with van der Waals surface area (Å²) in [5.41, 5.74) is 1.28. The predicted molar refractivity (Wildman–Crippen MR) is 64.0 cm³/mol. The molecule has 0 unspecified atom stereocenters. The summed E-state index contributed by atoms with van der Waals surface area (Å²) in [6.45, 7) is 6.52. The summed E-state index contributed by atoms with van der Waals surface area (Å²) in [6.07, 6.45) is 4.20. The van der Waals surface area contributed by atoms with Gasteiger partial charge in [0.05, 0.1) is 19.0 Å². The Bertz CT molecular complexity index is 340. The third kappa shape index (κ3) is 2.07. The predicted octanol–water partition coefficient (Wildman–Crippen LogP) is 1.94. The van der Waals surface area contributed by atoms with Gasteiger partial charge in [0, 0.05) is 12.0 Å². The summed E-state index contributed by atoms with van der Waals surface area (Å²) in [6, 6.07) is 0.397. The maximum Gasteiger partial charge on any atom is 0.160 e. The van der Waals surface area contributed by atoms with Crippen LogP contribution in [0.3, 0.4) is 0 Å². The summed E-state index contributed by atoms with van der Waals surface area (Å²) in [5, 5.41) is 7.83. The zero-order chi connectivity index (χ0) is 11.5. The maximum atomic E-state index is 5.43. The summed E-state index contributed by atoms with van der Waals surface area (Å²) >= 11 is 0. The molecule has 0 radical (unpaired) electrons. The number of rotatable bonds is 3. The first-order chi connectivity index (χ1) is 7.74. The van der Waals surface area contributed by atoms with Gasteiger partial charge >= 0.3 is 0 Å². The monoisotopic (exact) mass is 223 g/mol. The van der Waals surface area contributed by atoms with Crippen LogP contribution >= 0.6 is 0 Å². The molecular weight excluding hydrogens is 202 g/mol. The van der Waals surface area contributed by atoms with Gasteiger partial charge in [-0.1, -0.05) is 0 Å². The van der Waals surface area contributed by atoms with Crippen molar-refractivity contribution in [2.75, 3.05) is 20.2 Å². The van der Waals surface area contributed by atoms with Crippen LogP contribution in [0, 0.1) is 0 Å². The Labute approximate surface area is 97.0 Å². The van der Waals surface area contributed by atoms with E-state index in [1.165, 1.54) is 18.5 Å². The lowest BCUT2D eigenvalue weighted by Crippen LogP contribution is -2.28. The minimum absolute atomic E-state index is 0.397. The van der Waals surface area contributed by atoms with Crippen LogP contribution in [0.25, 0.3) is 0 Å². The summed E-state index contributed by atoms with van der Waals surface area (Å²) in [5.74, 6) is 1.53. The van der Waals surface area contributed by atoms with E-state index in [-0.39, 0.29) is 0 Å². The Morgan fingerprint density at radius 1 is 1.44 bits per heavy atom. The van der Waals surface area contributed by atoms with Gasteiger partial charge in [-0.25, -0.2) is 0 Å². The van der Waals surface area contributed by atoms with Crippen molar-refractivity contribution in [2.24, 2.45) is 0 Å². The van der Waals surface area contributed by atoms with E-state index in [2.05, 4.69) is 28.9 Å². The van der Waals surface area contributed by atoms with Crippen molar-refractivity contribution in [2.45, 2.75) is 38.6 Å². The highest BCUT2D eigenvalue weighted by Gasteiger charge is 2.24. The first-order valence-electron chi connectivity index (χ1n) is 6.06. The van der Waals surface area contributed by atoms with E-state index in [4.69, 9.17) is 4.74 Å². The van der Waals surface area contributed by atoms with E-state index in [1.54, 1.807) is 7.11 Å². The molecule has 0 atom stereocenters. The number of aromatic nitrogens is 2. The zero-order valence-electron chi connectivity index (χ0n) is 10.4. The van der Waals surface area contributed by atoms with Crippen molar-refractivity contribution in [3.05, 3.63) is 11.9 Å². The SMILES string of the molecule is COc1cnn(C(C)C)c1C1CCNCC1. The van der Waals surface area contributed by atoms with Crippen LogP contribution in [0.2, 0.25) is 0 Å². The second-order valence-corrected chi connectivity index (χ2v) is 4.66. The van der Waals surface area contributed by atoms with E-state index in [9.17, 15) is 0 Å². The fourth-order valence-corrected chi connectivity index (χ4v) is 2.41. The Morgan fingerprint density at radius 3 is 2.69 bits per heavy atom. The average molecular weight is 223 g/mol. The van der Waals surface area contributed by atoms with Gasteiger partial charge in [-0.3, -0.25) is 4.68 Å². The largest absolute Gasteiger partial charge is 0.493 e. The molecule has 0 aliphatic carbocycles. The molecule has 90 valence electrons. The van der Waals surface area contributed by atoms with Crippen LogP contribution in [-0.4, -0.2) is 30.0 Å². The molecule has 0 bridgehead atoms. The van der Waals surface area contributed by atoms with Gasteiger partial charge in [0.2, 0.25) is 0 Å². The van der Waals surface area contributed by atoms with Crippen molar-refractivity contribution in [1.82, 2.24) is 15.1 Å². The molecule has 0 saturated carbocycles. The molecule has 1 aromatic rings. The van der Waals surface area contributed by atoms with E-state index < -0.39 is 0 Å². The lowest BCUT2D eigenvalue weighted by molar-refractivity contribution is 0.373. The molecule has 0 aromatic carbocycles. The van der Waals surface area contributed by atoms with E-state index in [0.29, 0.717) is 12.0 Å². The number of ether oxygens (including phenoxy) is 1. The van der Waals surface area contributed by atoms with Crippen molar-refractivity contribution >= 4 is 0 Å². The van der Waals surface area contributed by atoms with Gasteiger partial charge in [-0.05, 0) is 39.8 Å². The third-order valence-corrected chi connectivity index (χ3v) is 3.23. The molecule has 4 heteroatoms. The van der Waals surface area contributed by atoms with Crippen LogP contribution in [0.1, 0.15) is 44.3 Å². The summed E-state index contributed by atoms with van der Waals surface area (Å²) in [4.78, 5) is 0. The molecule has 16 heavy (non-hydrogen) atoms. The van der Waals surface area contributed by atoms with E-state index >= 15 is 0 Å². The van der Waals surface area contributed by atoms with Gasteiger partial charge in [-0.15, -0.1) is 0 Å². The maximum absolute atomic E-state index is 5.43. The van der Waals surface area contributed by atoms with Gasteiger partial charge < -0.3 is 10.1 Å². The third-order valence-electron chi connectivity index (χ3n) is 3.23. The first-order valence-corrected chi connectivity index (χ1v) is 6.06. The van der Waals surface area contributed by atoms with E-state index in [0.717, 1.165) is 18.8 Å². The number of methoxy groups -OCH3 is 1. The Kier molecular flexibility index (Phi) is 3.49. The summed E-state index contributed by atoms with van der Waals surface area (Å²) < 4.78 is 7.53. The van der Waals surface area contributed by atoms with Gasteiger partial charge in [0.25, 0.3) is 0 Å². The van der Waals surface area contributed by atoms with Crippen LogP contribution in [0.4, 0.5) is 0 Å². The molecule has 2 heterocycles. The van der Waals surface area contributed by atoms with Crippen LogP contribution in [0.15, 0.2) is 6.20 Å². The number of hydrogen-bond donors (Lipinski definition) is 1. The second-order valence-electron chi connectivity index (χ2n) is 4.66. The van der Waals surface area contributed by atoms with Crippen LogP contribution < -0.4 is 10.1 Å². The number of nitrogens with one attached hydrogen (secondary N) is 1. The van der Waals surface area contributed by atoms with Crippen LogP contribution in [0.5, 0.6) is 5.75 Å². The van der Waals surface area contributed by atoms with Crippen molar-refractivity contribution in [3.63, 3.8) is 0 Å². The average Bonchev–Trinajstić information content (AvgIpc) is 2.73. The molecule has 1 saturated heterocycles. The molecule has 1 fully saturated rings. The lowest BCUT2D eigenvalue weighted by Gasteiger charge is -2.25. The molecular formula is C12H21N3O. The van der Waals surface area contributed by atoms with Crippen molar-refractivity contribution in [1.29, 1.82) is 0 Å². The fraction of sp³-hybridized carbons (Fsp3) is 0.750. The highest BCUT2D eigenvalue weighted by Crippen LogP contribution is 2.33. The van der Waals surface area contributed by atoms with Crippen molar-refractivity contribution in [3.8, 4) is 5.75 Å².